The summed E-state index contributed by atoms with van der Waals surface area (Å²) in [6.07, 6.45) is 0. The number of rotatable bonds is 1. The van der Waals surface area contributed by atoms with E-state index in [4.69, 9.17) is 16.3 Å². The molecule has 0 aromatic carbocycles. The molecule has 21 heavy (non-hydrogen) atoms. The average molecular weight is 294 g/mol. The Morgan fingerprint density at radius 1 is 0.857 bits per heavy atom. The van der Waals surface area contributed by atoms with Crippen LogP contribution in [0.25, 0.3) is 0 Å². The van der Waals surface area contributed by atoms with E-state index in [0.29, 0.717) is 5.15 Å². The molecule has 4 nitrogen and oxygen atoms in total. The second kappa shape index (κ2) is 4.82. The summed E-state index contributed by atoms with van der Waals surface area (Å²) < 4.78 is 6.45. The quantitative estimate of drug-likeness (QED) is 0.483. The van der Waals surface area contributed by atoms with Gasteiger partial charge in [-0.2, -0.15) is 0 Å². The van der Waals surface area contributed by atoms with Crippen molar-refractivity contribution in [2.45, 2.75) is 21.5 Å². The van der Waals surface area contributed by atoms with Crippen LogP contribution < -0.4 is 4.90 Å². The summed E-state index contributed by atoms with van der Waals surface area (Å²) in [5, 5.41) is 7.54. The van der Waals surface area contributed by atoms with Crippen molar-refractivity contribution in [1.29, 1.82) is 0 Å². The lowest BCUT2D eigenvalue weighted by atomic mass is 9.30. The van der Waals surface area contributed by atoms with E-state index >= 15 is 0 Å². The summed E-state index contributed by atoms with van der Waals surface area (Å²) >= 11 is 5.89. The zero-order valence-corrected chi connectivity index (χ0v) is 15.0. The lowest BCUT2D eigenvalue weighted by molar-refractivity contribution is -0.0257. The van der Waals surface area contributed by atoms with Gasteiger partial charge < -0.3 is 9.64 Å². The predicted octanol–water partition coefficient (Wildman–Crippen LogP) is -7.35. The standard InChI is InChI=1S/C8H18B8ClN3O/c9-5(10)7(13,14)21-8(15,16)6(11,12)20(5)4-2-1-3(17)18-19-4/h1-2H,9-16H2. The van der Waals surface area contributed by atoms with Gasteiger partial charge in [-0.25, -0.2) is 0 Å². The molecule has 1 aromatic rings. The maximum Gasteiger partial charge on any atom is 0.151 e. The third-order valence-corrected chi connectivity index (χ3v) is 5.62. The molecule has 1 aromatic heterocycles. The summed E-state index contributed by atoms with van der Waals surface area (Å²) in [4.78, 5) is 2.31. The highest BCUT2D eigenvalue weighted by atomic mass is 35.5. The second-order valence-corrected chi connectivity index (χ2v) is 8.18. The van der Waals surface area contributed by atoms with Crippen molar-refractivity contribution in [2.75, 3.05) is 4.90 Å². The Kier molecular flexibility index (Phi) is 3.91. The summed E-state index contributed by atoms with van der Waals surface area (Å²) in [6.45, 7) is 0. The summed E-state index contributed by atoms with van der Waals surface area (Å²) in [5.41, 5.74) is 0. The minimum Gasteiger partial charge on any atom is -0.402 e. The summed E-state index contributed by atoms with van der Waals surface area (Å²) in [6, 6.07) is 3.71. The van der Waals surface area contributed by atoms with Crippen LogP contribution in [0.3, 0.4) is 0 Å². The third kappa shape index (κ3) is 2.48. The molecule has 0 N–H and O–H groups in total. The molecule has 0 bridgehead atoms. The molecule has 0 atom stereocenters. The first-order chi connectivity index (χ1) is 9.33. The lowest BCUT2D eigenvalue weighted by Crippen LogP contribution is -2.86. The van der Waals surface area contributed by atoms with E-state index in [9.17, 15) is 0 Å². The fourth-order valence-electron chi connectivity index (χ4n) is 3.13. The van der Waals surface area contributed by atoms with Crippen LogP contribution in [0.4, 0.5) is 5.82 Å². The number of ether oxygens (including phenoxy) is 1. The Labute approximate surface area is 139 Å². The first kappa shape index (κ1) is 17.0. The minimum absolute atomic E-state index is 0.255. The molecule has 13 heteroatoms. The highest BCUT2D eigenvalue weighted by Gasteiger charge is 2.58. The van der Waals surface area contributed by atoms with Gasteiger partial charge in [0.2, 0.25) is 0 Å². The minimum atomic E-state index is -0.340. The Morgan fingerprint density at radius 2 is 1.33 bits per heavy atom. The fourth-order valence-corrected chi connectivity index (χ4v) is 3.23. The topological polar surface area (TPSA) is 38.2 Å². The van der Waals surface area contributed by atoms with Crippen LogP contribution in [0, 0.1) is 0 Å². The first-order valence-electron chi connectivity index (χ1n) is 7.33. The van der Waals surface area contributed by atoms with Crippen LogP contribution in [-0.2, 0) is 4.74 Å². The SMILES string of the molecule is BC1(B)OC(B)(B)C(B)(B)N(c2ccc(Cl)nn2)C1(B)B. The number of anilines is 1. The molecule has 0 radical (unpaired) electrons. The van der Waals surface area contributed by atoms with E-state index in [0.717, 1.165) is 5.82 Å². The molecular weight excluding hydrogens is 276 g/mol. The number of aromatic nitrogens is 2. The number of hydrogen-bond acceptors (Lipinski definition) is 4. The smallest absolute Gasteiger partial charge is 0.151 e. The highest BCUT2D eigenvalue weighted by molar-refractivity contribution is 6.61. The molecule has 1 fully saturated rings. The Bertz CT molecular complexity index is 525. The van der Waals surface area contributed by atoms with Gasteiger partial charge in [0.15, 0.2) is 5.15 Å². The van der Waals surface area contributed by atoms with Gasteiger partial charge >= 0.3 is 0 Å². The monoisotopic (exact) mass is 295 g/mol. The van der Waals surface area contributed by atoms with Crippen molar-refractivity contribution in [3.8, 4) is 0 Å². The second-order valence-electron chi connectivity index (χ2n) is 7.79. The number of nitrogens with zero attached hydrogens (tertiary/aromatic N) is 3. The molecule has 1 aliphatic heterocycles. The molecule has 2 heterocycles. The zero-order valence-electron chi connectivity index (χ0n) is 14.3. The van der Waals surface area contributed by atoms with Crippen LogP contribution in [0.1, 0.15) is 0 Å². The van der Waals surface area contributed by atoms with Gasteiger partial charge in [-0.3, -0.25) is 0 Å². The third-order valence-electron chi connectivity index (χ3n) is 5.42. The van der Waals surface area contributed by atoms with Crippen LogP contribution in [0.2, 0.25) is 5.15 Å². The van der Waals surface area contributed by atoms with Crippen molar-refractivity contribution in [3.05, 3.63) is 17.3 Å². The van der Waals surface area contributed by atoms with E-state index in [1.165, 1.54) is 0 Å². The molecule has 0 saturated carbocycles. The Hall–Kier alpha value is -0.351. The molecular formula is C8H18B8ClN3O. The molecule has 2 rings (SSSR count). The average Bonchev–Trinajstić information content (AvgIpc) is 2.28. The van der Waals surface area contributed by atoms with Crippen LogP contribution >= 0.6 is 11.6 Å². The normalized spacial score (nSPS) is 25.3. The van der Waals surface area contributed by atoms with Gasteiger partial charge in [0.25, 0.3) is 0 Å². The van der Waals surface area contributed by atoms with E-state index in [1.807, 2.05) is 6.07 Å². The van der Waals surface area contributed by atoms with Crippen molar-refractivity contribution < 1.29 is 4.74 Å². The number of hydrogen-bond donors (Lipinski definition) is 0. The Morgan fingerprint density at radius 3 is 1.71 bits per heavy atom. The first-order valence-corrected chi connectivity index (χ1v) is 7.70. The molecule has 0 spiro atoms. The largest absolute Gasteiger partial charge is 0.402 e. The van der Waals surface area contributed by atoms with E-state index in [-0.39, 0.29) is 21.5 Å². The van der Waals surface area contributed by atoms with Gasteiger partial charge in [0.1, 0.15) is 68.6 Å². The van der Waals surface area contributed by atoms with Crippen molar-refractivity contribution in [1.82, 2.24) is 10.2 Å². The lowest BCUT2D eigenvalue weighted by Gasteiger charge is -2.69. The number of halogens is 1. The van der Waals surface area contributed by atoms with Crippen molar-refractivity contribution >= 4 is 80.2 Å². The highest BCUT2D eigenvalue weighted by Crippen LogP contribution is 2.41. The van der Waals surface area contributed by atoms with Crippen molar-refractivity contribution in [3.63, 3.8) is 0 Å². The molecule has 1 saturated heterocycles. The van der Waals surface area contributed by atoms with E-state index in [2.05, 4.69) is 77.9 Å². The van der Waals surface area contributed by atoms with Gasteiger partial charge in [0.05, 0.1) is 0 Å². The molecule has 0 aliphatic carbocycles. The molecule has 1 aliphatic rings. The van der Waals surface area contributed by atoms with Crippen LogP contribution in [-0.4, -0.2) is 94.4 Å². The molecule has 0 amide bonds. The Balaban J connectivity index is 2.64. The maximum atomic E-state index is 6.45. The maximum absolute atomic E-state index is 6.45. The van der Waals surface area contributed by atoms with Gasteiger partial charge in [-0.15, -0.1) is 10.2 Å². The zero-order chi connectivity index (χ0) is 16.3. The molecule has 0 unspecified atom stereocenters. The van der Waals surface area contributed by atoms with E-state index < -0.39 is 0 Å². The van der Waals surface area contributed by atoms with Crippen molar-refractivity contribution in [2.24, 2.45) is 0 Å². The van der Waals surface area contributed by atoms with Gasteiger partial charge in [-0.05, 0) is 22.8 Å². The van der Waals surface area contributed by atoms with E-state index in [1.54, 1.807) is 6.07 Å². The number of morpholine rings is 1. The fraction of sp³-hybridized carbons (Fsp3) is 0.500. The summed E-state index contributed by atoms with van der Waals surface area (Å²) in [7, 11) is 17.2. The van der Waals surface area contributed by atoms with Gasteiger partial charge in [0, 0.05) is 10.8 Å². The predicted molar refractivity (Wildman–Crippen MR) is 110 cm³/mol. The summed E-state index contributed by atoms with van der Waals surface area (Å²) in [5.74, 6) is 0.818. The molecule has 102 valence electrons. The van der Waals surface area contributed by atoms with Crippen LogP contribution in [0.15, 0.2) is 12.1 Å². The van der Waals surface area contributed by atoms with Crippen LogP contribution in [0.5, 0.6) is 0 Å². The van der Waals surface area contributed by atoms with Gasteiger partial charge in [-0.1, -0.05) is 11.6 Å².